The Morgan fingerprint density at radius 3 is 2.43 bits per heavy atom. The fraction of sp³-hybridized carbons (Fsp3) is 0.455. The summed E-state index contributed by atoms with van der Waals surface area (Å²) in [6, 6.07) is 3.67. The Labute approximate surface area is 178 Å². The molecule has 0 aliphatic carbocycles. The third kappa shape index (κ3) is 4.29. The number of rotatable bonds is 8. The topological polar surface area (TPSA) is 68.3 Å². The second-order valence-corrected chi connectivity index (χ2v) is 14.3. The molecule has 0 fully saturated rings. The molecule has 1 aromatic rings. The summed E-state index contributed by atoms with van der Waals surface area (Å²) in [5.74, 6) is 0.441. The molecular formula is C22H30N2O5Si. The summed E-state index contributed by atoms with van der Waals surface area (Å²) >= 11 is 0. The average molecular weight is 431 g/mol. The Morgan fingerprint density at radius 2 is 1.83 bits per heavy atom. The van der Waals surface area contributed by atoms with Crippen molar-refractivity contribution in [1.82, 2.24) is 4.90 Å². The molecule has 7 nitrogen and oxygen atoms in total. The number of hydrogen-bond donors (Lipinski definition) is 0. The molecule has 0 radical (unpaired) electrons. The maximum atomic E-state index is 13.5. The third-order valence-electron chi connectivity index (χ3n) is 5.36. The Balaban J connectivity index is 2.01. The normalized spacial score (nSPS) is 18.6. The first-order valence-corrected chi connectivity index (χ1v) is 13.7. The summed E-state index contributed by atoms with van der Waals surface area (Å²) in [5.41, 5.74) is 1.70. The van der Waals surface area contributed by atoms with Crippen molar-refractivity contribution in [2.75, 3.05) is 32.5 Å². The Hall–Kier alpha value is -2.58. The van der Waals surface area contributed by atoms with E-state index in [-0.39, 0.29) is 18.5 Å². The van der Waals surface area contributed by atoms with E-state index in [1.54, 1.807) is 29.3 Å². The average Bonchev–Trinajstić information content (AvgIpc) is 3.13. The van der Waals surface area contributed by atoms with Crippen molar-refractivity contribution in [2.24, 2.45) is 0 Å². The first-order valence-electron chi connectivity index (χ1n) is 10.0. The van der Waals surface area contributed by atoms with Gasteiger partial charge in [0.15, 0.2) is 11.5 Å². The van der Waals surface area contributed by atoms with Gasteiger partial charge in [-0.1, -0.05) is 32.3 Å². The van der Waals surface area contributed by atoms with Crippen LogP contribution in [0.4, 0.5) is 5.69 Å². The number of ether oxygens (including phenoxy) is 3. The van der Waals surface area contributed by atoms with Gasteiger partial charge in [-0.05, 0) is 17.7 Å². The van der Waals surface area contributed by atoms with E-state index in [9.17, 15) is 9.59 Å². The first-order chi connectivity index (χ1) is 14.2. The largest absolute Gasteiger partial charge is 0.493 e. The van der Waals surface area contributed by atoms with E-state index in [4.69, 9.17) is 14.2 Å². The molecule has 0 saturated heterocycles. The van der Waals surface area contributed by atoms with Crippen LogP contribution in [0.3, 0.4) is 0 Å². The molecule has 0 aromatic heterocycles. The van der Waals surface area contributed by atoms with Gasteiger partial charge in [-0.15, -0.1) is 0 Å². The van der Waals surface area contributed by atoms with Gasteiger partial charge in [-0.3, -0.25) is 14.5 Å². The van der Waals surface area contributed by atoms with Gasteiger partial charge >= 0.3 is 0 Å². The predicted octanol–water partition coefficient (Wildman–Crippen LogP) is 3.65. The Bertz CT molecular complexity index is 890. The first kappa shape index (κ1) is 22.1. The van der Waals surface area contributed by atoms with Crippen molar-refractivity contribution in [2.45, 2.75) is 38.1 Å². The zero-order chi connectivity index (χ0) is 22.1. The molecule has 162 valence electrons. The van der Waals surface area contributed by atoms with Crippen LogP contribution < -0.4 is 14.4 Å². The quantitative estimate of drug-likeness (QED) is 0.465. The molecule has 2 aliphatic rings. The van der Waals surface area contributed by atoms with Crippen molar-refractivity contribution in [3.63, 3.8) is 0 Å². The van der Waals surface area contributed by atoms with Crippen LogP contribution in [0.2, 0.25) is 25.7 Å². The van der Waals surface area contributed by atoms with E-state index in [1.165, 1.54) is 19.1 Å². The molecule has 1 atom stereocenters. The van der Waals surface area contributed by atoms with Gasteiger partial charge in [0.05, 0.1) is 25.5 Å². The minimum atomic E-state index is -1.26. The van der Waals surface area contributed by atoms with Crippen LogP contribution in [0.15, 0.2) is 36.6 Å². The van der Waals surface area contributed by atoms with Gasteiger partial charge in [0, 0.05) is 33.4 Å². The monoisotopic (exact) mass is 430 g/mol. The number of fused-ring (bicyclic) bond motifs is 2. The molecule has 0 N–H and O–H groups in total. The van der Waals surface area contributed by atoms with E-state index in [2.05, 4.69) is 26.2 Å². The molecule has 2 aliphatic heterocycles. The van der Waals surface area contributed by atoms with E-state index in [0.717, 1.165) is 11.6 Å². The van der Waals surface area contributed by atoms with Crippen LogP contribution in [-0.4, -0.2) is 58.4 Å². The number of nitrogens with zero attached hydrogens (tertiary/aromatic N) is 2. The van der Waals surface area contributed by atoms with Crippen LogP contribution in [0.25, 0.3) is 0 Å². The SMILES string of the molecule is C=CC1=CN2C(=O)c3cc(OC)c(OC)cc3N(COCC[Si](C)(C)C)C(=O)[C@@H]2C1. The summed E-state index contributed by atoms with van der Waals surface area (Å²) in [7, 11) is 1.78. The van der Waals surface area contributed by atoms with Gasteiger partial charge < -0.3 is 19.1 Å². The Morgan fingerprint density at radius 1 is 1.17 bits per heavy atom. The van der Waals surface area contributed by atoms with Crippen molar-refractivity contribution in [1.29, 1.82) is 0 Å². The van der Waals surface area contributed by atoms with Crippen LogP contribution in [0, 0.1) is 0 Å². The highest BCUT2D eigenvalue weighted by molar-refractivity contribution is 6.76. The van der Waals surface area contributed by atoms with Gasteiger partial charge in [-0.25, -0.2) is 0 Å². The van der Waals surface area contributed by atoms with Crippen molar-refractivity contribution in [3.8, 4) is 11.5 Å². The maximum Gasteiger partial charge on any atom is 0.260 e. The van der Waals surface area contributed by atoms with Crippen molar-refractivity contribution >= 4 is 25.6 Å². The molecule has 0 saturated carbocycles. The lowest BCUT2D eigenvalue weighted by molar-refractivity contribution is -0.123. The van der Waals surface area contributed by atoms with Gasteiger partial charge in [0.2, 0.25) is 0 Å². The summed E-state index contributed by atoms with van der Waals surface area (Å²) in [6.07, 6.45) is 3.81. The number of amides is 2. The molecule has 1 aromatic carbocycles. The highest BCUT2D eigenvalue weighted by atomic mass is 28.3. The smallest absolute Gasteiger partial charge is 0.260 e. The predicted molar refractivity (Wildman–Crippen MR) is 119 cm³/mol. The van der Waals surface area contributed by atoms with Gasteiger partial charge in [0.1, 0.15) is 12.8 Å². The number of carbonyl (C=O) groups excluding carboxylic acids is 2. The summed E-state index contributed by atoms with van der Waals surface area (Å²) in [6.45, 7) is 11.3. The molecule has 30 heavy (non-hydrogen) atoms. The second kappa shape index (κ2) is 8.65. The zero-order valence-electron chi connectivity index (χ0n) is 18.4. The van der Waals surface area contributed by atoms with Gasteiger partial charge in [-0.2, -0.15) is 0 Å². The number of allylic oxidation sites excluding steroid dienone is 1. The molecule has 0 bridgehead atoms. The summed E-state index contributed by atoms with van der Waals surface area (Å²) < 4.78 is 16.7. The molecule has 0 spiro atoms. The van der Waals surface area contributed by atoms with Crippen LogP contribution in [-0.2, 0) is 9.53 Å². The fourth-order valence-corrected chi connectivity index (χ4v) is 4.31. The highest BCUT2D eigenvalue weighted by Crippen LogP contribution is 2.40. The number of anilines is 1. The second-order valence-electron chi connectivity index (χ2n) is 8.68. The van der Waals surface area contributed by atoms with E-state index < -0.39 is 14.1 Å². The number of hydrogen-bond acceptors (Lipinski definition) is 5. The number of carbonyl (C=O) groups is 2. The van der Waals surface area contributed by atoms with Gasteiger partial charge in [0.25, 0.3) is 11.8 Å². The zero-order valence-corrected chi connectivity index (χ0v) is 19.4. The minimum absolute atomic E-state index is 0.0762. The van der Waals surface area contributed by atoms with Crippen LogP contribution in [0.5, 0.6) is 11.5 Å². The molecule has 3 rings (SSSR count). The molecule has 0 unspecified atom stereocenters. The van der Waals surface area contributed by atoms with Crippen molar-refractivity contribution in [3.05, 3.63) is 42.1 Å². The Kier molecular flexibility index (Phi) is 6.38. The summed E-state index contributed by atoms with van der Waals surface area (Å²) in [4.78, 5) is 29.8. The van der Waals surface area contributed by atoms with Crippen LogP contribution in [0.1, 0.15) is 16.8 Å². The molecule has 2 heterocycles. The minimum Gasteiger partial charge on any atom is -0.493 e. The maximum absolute atomic E-state index is 13.5. The molecular weight excluding hydrogens is 400 g/mol. The van der Waals surface area contributed by atoms with E-state index in [1.807, 2.05) is 0 Å². The fourth-order valence-electron chi connectivity index (χ4n) is 3.55. The lowest BCUT2D eigenvalue weighted by atomic mass is 10.1. The molecule has 8 heteroatoms. The molecule has 2 amide bonds. The lowest BCUT2D eigenvalue weighted by Crippen LogP contribution is -2.45. The highest BCUT2D eigenvalue weighted by Gasteiger charge is 2.42. The number of benzene rings is 1. The van der Waals surface area contributed by atoms with E-state index >= 15 is 0 Å². The standard InChI is InChI=1S/C22H30N2O5Si/c1-7-15-10-18-22(26)24(14-29-8-9-30(4,5)6)17-12-20(28-3)19(27-2)11-16(17)21(25)23(18)13-15/h7,11-13,18H,1,8-10,14H2,2-6H3/t18-/m0/s1. The van der Waals surface area contributed by atoms with Crippen molar-refractivity contribution < 1.29 is 23.8 Å². The third-order valence-corrected chi connectivity index (χ3v) is 7.06. The van der Waals surface area contributed by atoms with E-state index in [0.29, 0.717) is 35.8 Å². The lowest BCUT2D eigenvalue weighted by Gasteiger charge is -2.26. The van der Waals surface area contributed by atoms with Crippen LogP contribution >= 0.6 is 0 Å². The number of methoxy groups -OCH3 is 2. The summed E-state index contributed by atoms with van der Waals surface area (Å²) in [5, 5.41) is 0.